The van der Waals surface area contributed by atoms with Gasteiger partial charge in [-0.3, -0.25) is 14.6 Å². The van der Waals surface area contributed by atoms with Gasteiger partial charge in [0.05, 0.1) is 0 Å². The number of nitrogens with zero attached hydrogens (tertiary/aromatic N) is 3. The molecule has 3 saturated heterocycles. The second-order valence-electron chi connectivity index (χ2n) is 9.14. The number of nitrogens with one attached hydrogen (secondary N) is 1. The van der Waals surface area contributed by atoms with Crippen molar-refractivity contribution in [2.75, 3.05) is 52.4 Å². The van der Waals surface area contributed by atoms with Crippen LogP contribution in [0.2, 0.25) is 0 Å². The summed E-state index contributed by atoms with van der Waals surface area (Å²) in [5, 5.41) is 3.05. The molecule has 0 unspecified atom stereocenters. The van der Waals surface area contributed by atoms with Crippen LogP contribution in [0.15, 0.2) is 12.1 Å². The number of hydrogen-bond donors (Lipinski definition) is 1. The second-order valence-corrected chi connectivity index (χ2v) is 9.14. The first-order chi connectivity index (χ1) is 13.5. The molecule has 5 nitrogen and oxygen atoms in total. The van der Waals surface area contributed by atoms with E-state index in [1.54, 1.807) is 0 Å². The van der Waals surface area contributed by atoms with Gasteiger partial charge in [-0.05, 0) is 48.9 Å². The van der Waals surface area contributed by atoms with E-state index in [1.165, 1.54) is 55.0 Å². The van der Waals surface area contributed by atoms with Gasteiger partial charge in [0.25, 0.3) is 0 Å². The Hall–Kier alpha value is -1.43. The zero-order valence-corrected chi connectivity index (χ0v) is 17.8. The first kappa shape index (κ1) is 19.9. The van der Waals surface area contributed by atoms with Crippen LogP contribution in [0.25, 0.3) is 0 Å². The summed E-state index contributed by atoms with van der Waals surface area (Å²) in [6.45, 7) is 17.8. The van der Waals surface area contributed by atoms with E-state index in [1.807, 2.05) is 0 Å². The molecule has 0 radical (unpaired) electrons. The molecule has 1 aromatic carbocycles. The molecule has 1 aromatic rings. The molecule has 3 aliphatic heterocycles. The van der Waals surface area contributed by atoms with Gasteiger partial charge in [0, 0.05) is 65.3 Å². The van der Waals surface area contributed by atoms with E-state index >= 15 is 0 Å². The van der Waals surface area contributed by atoms with Crippen LogP contribution in [0.1, 0.15) is 35.6 Å². The number of fused-ring (bicyclic) bond motifs is 1. The van der Waals surface area contributed by atoms with E-state index in [-0.39, 0.29) is 5.91 Å². The van der Waals surface area contributed by atoms with Crippen molar-refractivity contribution in [1.29, 1.82) is 0 Å². The third-order valence-corrected chi connectivity index (χ3v) is 7.13. The fraction of sp³-hybridized carbons (Fsp3) is 0.696. The van der Waals surface area contributed by atoms with Crippen LogP contribution in [0.5, 0.6) is 0 Å². The third kappa shape index (κ3) is 4.42. The van der Waals surface area contributed by atoms with Gasteiger partial charge in [0.15, 0.2) is 0 Å². The number of likely N-dealkylation sites (tertiary alicyclic amines) is 1. The number of hydrogen-bond acceptors (Lipinski definition) is 4. The predicted molar refractivity (Wildman–Crippen MR) is 113 cm³/mol. The first-order valence-electron chi connectivity index (χ1n) is 11.0. The van der Waals surface area contributed by atoms with Gasteiger partial charge in [0.1, 0.15) is 0 Å². The van der Waals surface area contributed by atoms with Crippen LogP contribution >= 0.6 is 0 Å². The van der Waals surface area contributed by atoms with Crippen molar-refractivity contribution < 1.29 is 4.79 Å². The number of rotatable bonds is 5. The number of carbonyl (C=O) groups excluding carboxylic acids is 1. The van der Waals surface area contributed by atoms with E-state index in [9.17, 15) is 4.79 Å². The Balaban J connectivity index is 1.41. The first-order valence-corrected chi connectivity index (χ1v) is 11.0. The predicted octanol–water partition coefficient (Wildman–Crippen LogP) is 2.01. The Labute approximate surface area is 170 Å². The van der Waals surface area contributed by atoms with Gasteiger partial charge in [-0.2, -0.15) is 0 Å². The molecule has 0 aromatic heterocycles. The quantitative estimate of drug-likeness (QED) is 0.843. The van der Waals surface area contributed by atoms with E-state index < -0.39 is 0 Å². The van der Waals surface area contributed by atoms with Gasteiger partial charge in [-0.1, -0.05) is 24.6 Å². The summed E-state index contributed by atoms with van der Waals surface area (Å²) in [6, 6.07) is 4.76. The minimum atomic E-state index is 0.236. The number of piperazine rings is 1. The standard InChI is InChI=1S/C23H36N4O/c1-4-25-5-7-26(8-6-25)13-19-9-17(2)10-20(18(19)3)14-27-15-21-11-23(28)24-12-22(21)16-27/h9-10,21-22H,4-8,11-16H2,1-3H3,(H,24,28)/t21-,22+/m1/s1. The zero-order chi connectivity index (χ0) is 19.7. The summed E-state index contributed by atoms with van der Waals surface area (Å²) in [7, 11) is 0. The molecule has 3 heterocycles. The largest absolute Gasteiger partial charge is 0.356 e. The molecule has 1 N–H and O–H groups in total. The van der Waals surface area contributed by atoms with Crippen LogP contribution in [-0.4, -0.2) is 73.0 Å². The SMILES string of the molecule is CCN1CCN(Cc2cc(C)cc(CN3C[C@H]4CC(=O)NC[C@H]4C3)c2C)CC1. The van der Waals surface area contributed by atoms with Crippen molar-refractivity contribution in [3.63, 3.8) is 0 Å². The molecule has 0 bridgehead atoms. The molecule has 0 spiro atoms. The van der Waals surface area contributed by atoms with Crippen LogP contribution < -0.4 is 5.32 Å². The Kier molecular flexibility index (Phi) is 6.04. The molecular formula is C23H36N4O. The van der Waals surface area contributed by atoms with E-state index in [4.69, 9.17) is 0 Å². The molecule has 3 aliphatic rings. The van der Waals surface area contributed by atoms with Crippen molar-refractivity contribution in [3.8, 4) is 0 Å². The summed E-state index contributed by atoms with van der Waals surface area (Å²) in [6.07, 6.45) is 0.711. The summed E-state index contributed by atoms with van der Waals surface area (Å²) in [5.41, 5.74) is 5.80. The highest BCUT2D eigenvalue weighted by Gasteiger charge is 2.37. The van der Waals surface area contributed by atoms with Crippen LogP contribution in [-0.2, 0) is 17.9 Å². The molecule has 154 valence electrons. The minimum absolute atomic E-state index is 0.236. The van der Waals surface area contributed by atoms with Crippen LogP contribution in [0.3, 0.4) is 0 Å². The molecule has 2 atom stereocenters. The monoisotopic (exact) mass is 384 g/mol. The lowest BCUT2D eigenvalue weighted by atomic mass is 9.89. The molecule has 3 fully saturated rings. The number of benzene rings is 1. The zero-order valence-electron chi connectivity index (χ0n) is 17.8. The van der Waals surface area contributed by atoms with Crippen LogP contribution in [0, 0.1) is 25.7 Å². The van der Waals surface area contributed by atoms with Crippen molar-refractivity contribution in [2.45, 2.75) is 40.3 Å². The van der Waals surface area contributed by atoms with E-state index in [0.717, 1.165) is 32.7 Å². The molecule has 0 aliphatic carbocycles. The summed E-state index contributed by atoms with van der Waals surface area (Å²) >= 11 is 0. The average Bonchev–Trinajstić information content (AvgIpc) is 3.07. The lowest BCUT2D eigenvalue weighted by molar-refractivity contribution is -0.124. The smallest absolute Gasteiger partial charge is 0.220 e. The highest BCUT2D eigenvalue weighted by atomic mass is 16.1. The average molecular weight is 385 g/mol. The highest BCUT2D eigenvalue weighted by Crippen LogP contribution is 2.30. The van der Waals surface area contributed by atoms with Gasteiger partial charge in [-0.25, -0.2) is 0 Å². The normalized spacial score (nSPS) is 27.0. The van der Waals surface area contributed by atoms with Gasteiger partial charge in [0.2, 0.25) is 5.91 Å². The van der Waals surface area contributed by atoms with Crippen LogP contribution in [0.4, 0.5) is 0 Å². The fourth-order valence-electron chi connectivity index (χ4n) is 5.27. The molecule has 4 rings (SSSR count). The van der Waals surface area contributed by atoms with E-state index in [0.29, 0.717) is 18.3 Å². The minimum Gasteiger partial charge on any atom is -0.356 e. The second kappa shape index (κ2) is 8.52. The van der Waals surface area contributed by atoms with Crippen molar-refractivity contribution in [2.24, 2.45) is 11.8 Å². The number of piperidine rings is 1. The van der Waals surface area contributed by atoms with Crippen molar-refractivity contribution >= 4 is 5.91 Å². The number of amides is 1. The van der Waals surface area contributed by atoms with Crippen molar-refractivity contribution in [1.82, 2.24) is 20.0 Å². The molecule has 1 amide bonds. The molecule has 28 heavy (non-hydrogen) atoms. The number of aryl methyl sites for hydroxylation is 1. The fourth-order valence-corrected chi connectivity index (χ4v) is 5.27. The van der Waals surface area contributed by atoms with Gasteiger partial charge < -0.3 is 10.2 Å². The molecule has 0 saturated carbocycles. The summed E-state index contributed by atoms with van der Waals surface area (Å²) in [5.74, 6) is 1.42. The Morgan fingerprint density at radius 1 is 0.929 bits per heavy atom. The van der Waals surface area contributed by atoms with E-state index in [2.05, 4.69) is 52.9 Å². The summed E-state index contributed by atoms with van der Waals surface area (Å²) < 4.78 is 0. The Morgan fingerprint density at radius 2 is 1.54 bits per heavy atom. The maximum Gasteiger partial charge on any atom is 0.220 e. The topological polar surface area (TPSA) is 38.8 Å². The number of likely N-dealkylation sites (N-methyl/N-ethyl adjacent to an activating group) is 1. The van der Waals surface area contributed by atoms with Gasteiger partial charge in [-0.15, -0.1) is 0 Å². The lowest BCUT2D eigenvalue weighted by Gasteiger charge is -2.34. The molecule has 5 heteroatoms. The van der Waals surface area contributed by atoms with Crippen molar-refractivity contribution in [3.05, 3.63) is 34.4 Å². The molecular weight excluding hydrogens is 348 g/mol. The lowest BCUT2D eigenvalue weighted by Crippen LogP contribution is -2.45. The maximum atomic E-state index is 11.7. The summed E-state index contributed by atoms with van der Waals surface area (Å²) in [4.78, 5) is 19.4. The Bertz CT molecular complexity index is 711. The third-order valence-electron chi connectivity index (χ3n) is 7.13. The number of carbonyl (C=O) groups is 1. The van der Waals surface area contributed by atoms with Gasteiger partial charge >= 0.3 is 0 Å². The highest BCUT2D eigenvalue weighted by molar-refractivity contribution is 5.77. The maximum absolute atomic E-state index is 11.7. The Morgan fingerprint density at radius 3 is 2.21 bits per heavy atom.